The Morgan fingerprint density at radius 3 is 2.33 bits per heavy atom. The predicted molar refractivity (Wildman–Crippen MR) is 72.2 cm³/mol. The van der Waals surface area contributed by atoms with Crippen LogP contribution in [0.25, 0.3) is 17.4 Å². The number of benzene rings is 1. The van der Waals surface area contributed by atoms with Crippen molar-refractivity contribution in [2.45, 2.75) is 0 Å². The van der Waals surface area contributed by atoms with Gasteiger partial charge in [-0.15, -0.1) is 0 Å². The highest BCUT2D eigenvalue weighted by Crippen LogP contribution is 2.32. The molecule has 0 N–H and O–H groups in total. The number of carboxylic acid groups (broad SMARTS) is 2. The summed E-state index contributed by atoms with van der Waals surface area (Å²) in [5.41, 5.74) is -0.527. The molecule has 5 nitrogen and oxygen atoms in total. The first-order valence-corrected chi connectivity index (χ1v) is 6.33. The van der Waals surface area contributed by atoms with Gasteiger partial charge in [0.05, 0.1) is 17.0 Å². The fourth-order valence-corrected chi connectivity index (χ4v) is 1.99. The van der Waals surface area contributed by atoms with Crippen LogP contribution in [0.1, 0.15) is 5.76 Å². The van der Waals surface area contributed by atoms with Gasteiger partial charge in [-0.05, 0) is 36.4 Å². The molecule has 21 heavy (non-hydrogen) atoms. The SMILES string of the molecule is O=C([O-])C(=Cc1ccc(-c2cc(Cl)ccc2Cl)o1)C(=O)[O-]. The molecule has 0 radical (unpaired) electrons. The number of carbonyl (C=O) groups is 2. The second-order valence-corrected chi connectivity index (χ2v) is 4.80. The van der Waals surface area contributed by atoms with Gasteiger partial charge in [-0.25, -0.2) is 0 Å². The standard InChI is InChI=1S/C14H8Cl2O5/c15-7-1-3-11(16)9(5-7)12-4-2-8(21-12)6-10(13(17)18)14(19)20/h1-6H,(H,17,18)(H,19,20)/p-2. The molecule has 0 amide bonds. The summed E-state index contributed by atoms with van der Waals surface area (Å²) in [5.74, 6) is -3.42. The lowest BCUT2D eigenvalue weighted by Crippen LogP contribution is -2.35. The number of halogens is 2. The third-order valence-electron chi connectivity index (χ3n) is 2.55. The fraction of sp³-hybridized carbons (Fsp3) is 0. The van der Waals surface area contributed by atoms with Gasteiger partial charge in [0.2, 0.25) is 0 Å². The molecule has 0 aliphatic rings. The summed E-state index contributed by atoms with van der Waals surface area (Å²) in [6.07, 6.45) is 0.798. The first-order chi connectivity index (χ1) is 9.88. The summed E-state index contributed by atoms with van der Waals surface area (Å²) in [7, 11) is 0. The van der Waals surface area contributed by atoms with E-state index in [1.165, 1.54) is 12.1 Å². The number of hydrogen-bond acceptors (Lipinski definition) is 5. The number of furan rings is 1. The highest BCUT2D eigenvalue weighted by atomic mass is 35.5. The number of hydrogen-bond donors (Lipinski definition) is 0. The minimum absolute atomic E-state index is 0.00411. The molecule has 2 rings (SSSR count). The summed E-state index contributed by atoms with van der Waals surface area (Å²) in [5, 5.41) is 22.1. The normalized spacial score (nSPS) is 10.2. The van der Waals surface area contributed by atoms with Crippen LogP contribution in [0.4, 0.5) is 0 Å². The van der Waals surface area contributed by atoms with Crippen molar-refractivity contribution in [3.05, 3.63) is 51.7 Å². The number of rotatable bonds is 4. The molecule has 0 aliphatic carbocycles. The van der Waals surface area contributed by atoms with Crippen molar-refractivity contribution in [2.75, 3.05) is 0 Å². The Balaban J connectivity index is 2.42. The maximum Gasteiger partial charge on any atom is 0.136 e. The van der Waals surface area contributed by atoms with Crippen LogP contribution in [-0.2, 0) is 9.59 Å². The van der Waals surface area contributed by atoms with Crippen molar-refractivity contribution < 1.29 is 24.2 Å². The van der Waals surface area contributed by atoms with Gasteiger partial charge < -0.3 is 24.2 Å². The Bertz CT molecular complexity index is 730. The number of carbonyl (C=O) groups excluding carboxylic acids is 2. The largest absolute Gasteiger partial charge is 0.545 e. The molecule has 0 spiro atoms. The fourth-order valence-electron chi connectivity index (χ4n) is 1.60. The lowest BCUT2D eigenvalue weighted by molar-refractivity contribution is -0.311. The third kappa shape index (κ3) is 3.45. The summed E-state index contributed by atoms with van der Waals surface area (Å²) in [4.78, 5) is 21.3. The molecular weight excluding hydrogens is 319 g/mol. The average molecular weight is 325 g/mol. The molecule has 0 bridgehead atoms. The Hall–Kier alpha value is -2.24. The molecule has 1 aromatic heterocycles. The van der Waals surface area contributed by atoms with Crippen molar-refractivity contribution in [1.29, 1.82) is 0 Å². The molecule has 108 valence electrons. The molecule has 0 saturated heterocycles. The Morgan fingerprint density at radius 2 is 1.71 bits per heavy atom. The van der Waals surface area contributed by atoms with E-state index in [4.69, 9.17) is 27.6 Å². The minimum atomic E-state index is -1.87. The summed E-state index contributed by atoms with van der Waals surface area (Å²) >= 11 is 11.9. The van der Waals surface area contributed by atoms with Gasteiger partial charge in [0.1, 0.15) is 11.5 Å². The van der Waals surface area contributed by atoms with E-state index in [1.54, 1.807) is 18.2 Å². The zero-order chi connectivity index (χ0) is 15.6. The van der Waals surface area contributed by atoms with E-state index in [2.05, 4.69) is 0 Å². The zero-order valence-electron chi connectivity index (χ0n) is 10.3. The van der Waals surface area contributed by atoms with E-state index < -0.39 is 17.5 Å². The Labute approximate surface area is 129 Å². The highest BCUT2D eigenvalue weighted by molar-refractivity contribution is 6.35. The van der Waals surface area contributed by atoms with E-state index in [0.717, 1.165) is 6.08 Å². The topological polar surface area (TPSA) is 93.4 Å². The van der Waals surface area contributed by atoms with Crippen LogP contribution in [0.5, 0.6) is 0 Å². The van der Waals surface area contributed by atoms with Crippen molar-refractivity contribution >= 4 is 41.2 Å². The Morgan fingerprint density at radius 1 is 1.05 bits per heavy atom. The lowest BCUT2D eigenvalue weighted by atomic mass is 10.2. The summed E-state index contributed by atoms with van der Waals surface area (Å²) in [6.45, 7) is 0. The van der Waals surface area contributed by atoms with Crippen LogP contribution in [0, 0.1) is 0 Å². The second kappa shape index (κ2) is 6.03. The van der Waals surface area contributed by atoms with Crippen LogP contribution >= 0.6 is 23.2 Å². The summed E-state index contributed by atoms with van der Waals surface area (Å²) < 4.78 is 5.33. The molecule has 0 saturated carbocycles. The minimum Gasteiger partial charge on any atom is -0.545 e. The van der Waals surface area contributed by atoms with Crippen LogP contribution in [-0.4, -0.2) is 11.9 Å². The van der Waals surface area contributed by atoms with Crippen LogP contribution < -0.4 is 10.2 Å². The second-order valence-electron chi connectivity index (χ2n) is 3.96. The molecular formula is C14H6Cl2O5-2. The first kappa shape index (κ1) is 15.2. The third-order valence-corrected chi connectivity index (χ3v) is 3.11. The van der Waals surface area contributed by atoms with Crippen LogP contribution in [0.2, 0.25) is 10.0 Å². The van der Waals surface area contributed by atoms with Crippen molar-refractivity contribution in [3.8, 4) is 11.3 Å². The quantitative estimate of drug-likeness (QED) is 0.477. The van der Waals surface area contributed by atoms with E-state index in [-0.39, 0.29) is 5.76 Å². The zero-order valence-corrected chi connectivity index (χ0v) is 11.8. The molecule has 0 aliphatic heterocycles. The van der Waals surface area contributed by atoms with E-state index in [9.17, 15) is 19.8 Å². The molecule has 1 aromatic carbocycles. The molecule has 1 heterocycles. The Kier molecular flexibility index (Phi) is 4.35. The van der Waals surface area contributed by atoms with E-state index >= 15 is 0 Å². The van der Waals surface area contributed by atoms with Gasteiger partial charge in [-0.1, -0.05) is 23.2 Å². The molecule has 0 fully saturated rings. The van der Waals surface area contributed by atoms with Gasteiger partial charge in [-0.2, -0.15) is 0 Å². The van der Waals surface area contributed by atoms with E-state index in [0.29, 0.717) is 21.4 Å². The molecule has 7 heteroatoms. The predicted octanol–water partition coefficient (Wildman–Crippen LogP) is 1.14. The number of aliphatic carboxylic acids is 2. The smallest absolute Gasteiger partial charge is 0.136 e. The van der Waals surface area contributed by atoms with Gasteiger partial charge in [0.25, 0.3) is 0 Å². The van der Waals surface area contributed by atoms with Crippen molar-refractivity contribution in [2.24, 2.45) is 0 Å². The van der Waals surface area contributed by atoms with Gasteiger partial charge >= 0.3 is 0 Å². The monoisotopic (exact) mass is 324 g/mol. The van der Waals surface area contributed by atoms with Crippen molar-refractivity contribution in [1.82, 2.24) is 0 Å². The van der Waals surface area contributed by atoms with Gasteiger partial charge in [0, 0.05) is 16.2 Å². The summed E-state index contributed by atoms with van der Waals surface area (Å²) in [6, 6.07) is 7.63. The first-order valence-electron chi connectivity index (χ1n) is 5.58. The molecule has 0 atom stereocenters. The average Bonchev–Trinajstić information content (AvgIpc) is 2.86. The van der Waals surface area contributed by atoms with Crippen LogP contribution in [0.15, 0.2) is 40.3 Å². The maximum atomic E-state index is 10.6. The van der Waals surface area contributed by atoms with Crippen molar-refractivity contribution in [3.63, 3.8) is 0 Å². The highest BCUT2D eigenvalue weighted by Gasteiger charge is 2.10. The van der Waals surface area contributed by atoms with E-state index in [1.807, 2.05) is 0 Å². The van der Waals surface area contributed by atoms with Crippen LogP contribution in [0.3, 0.4) is 0 Å². The van der Waals surface area contributed by atoms with Gasteiger partial charge in [-0.3, -0.25) is 0 Å². The number of carboxylic acids is 2. The van der Waals surface area contributed by atoms with Gasteiger partial charge in [0.15, 0.2) is 0 Å². The molecule has 0 unspecified atom stereocenters. The maximum absolute atomic E-state index is 10.6. The molecule has 2 aromatic rings. The lowest BCUT2D eigenvalue weighted by Gasteiger charge is -2.08.